The van der Waals surface area contributed by atoms with E-state index in [1.165, 1.54) is 16.8 Å². The molecule has 0 atom stereocenters. The minimum absolute atomic E-state index is 0. The molecule has 1 aromatic heterocycles. The first-order chi connectivity index (χ1) is 13.6. The molecule has 0 saturated heterocycles. The van der Waals surface area contributed by atoms with Crippen LogP contribution in [0.15, 0.2) is 65.7 Å². The van der Waals surface area contributed by atoms with Crippen LogP contribution in [-0.4, -0.2) is 16.8 Å². The third-order valence-electron chi connectivity index (χ3n) is 5.29. The van der Waals surface area contributed by atoms with E-state index in [1.54, 1.807) is 11.8 Å². The number of aromatic nitrogens is 2. The molecule has 2 aromatic carbocycles. The molecular weight excluding hydrogens is 491 g/mol. The number of hydrogen-bond donors (Lipinski definition) is 0. The molecule has 0 aliphatic carbocycles. The monoisotopic (exact) mass is 518 g/mol. The fraction of sp³-hybridized carbons (Fsp3) is 0.333. The van der Waals surface area contributed by atoms with Gasteiger partial charge in [-0.25, -0.2) is 4.57 Å². The highest BCUT2D eigenvalue weighted by Crippen LogP contribution is 2.32. The molecule has 0 N–H and O–H groups in total. The van der Waals surface area contributed by atoms with E-state index in [-0.39, 0.29) is 29.6 Å². The number of rotatable bonds is 5. The van der Waals surface area contributed by atoms with Gasteiger partial charge in [-0.2, -0.15) is 0 Å². The lowest BCUT2D eigenvalue weighted by Gasteiger charge is -2.31. The summed E-state index contributed by atoms with van der Waals surface area (Å²) in [6.45, 7) is 5.90. The fourth-order valence-electron chi connectivity index (χ4n) is 3.81. The molecule has 3 nitrogen and oxygen atoms in total. The van der Waals surface area contributed by atoms with Crippen molar-refractivity contribution in [2.75, 3.05) is 6.26 Å². The Morgan fingerprint density at radius 3 is 2.34 bits per heavy atom. The molecule has 0 unspecified atom stereocenters. The van der Waals surface area contributed by atoms with Gasteiger partial charge >= 0.3 is 5.82 Å². The summed E-state index contributed by atoms with van der Waals surface area (Å²) in [6.07, 6.45) is 3.98. The summed E-state index contributed by atoms with van der Waals surface area (Å²) in [6, 6.07) is 21.2. The molecule has 0 saturated carbocycles. The average molecular weight is 518 g/mol. The van der Waals surface area contributed by atoms with Crippen LogP contribution in [0.4, 0.5) is 0 Å². The third kappa shape index (κ3) is 5.01. The lowest BCUT2D eigenvalue weighted by atomic mass is 9.95. The van der Waals surface area contributed by atoms with Crippen molar-refractivity contribution >= 4 is 11.8 Å². The highest BCUT2D eigenvalue weighted by Gasteiger charge is 2.36. The average Bonchev–Trinajstić information content (AvgIpc) is 2.72. The first kappa shape index (κ1) is 22.2. The van der Waals surface area contributed by atoms with Crippen molar-refractivity contribution in [3.05, 3.63) is 77.5 Å². The Hall–Kier alpha value is -1.44. The zero-order chi connectivity index (χ0) is 19.6. The molecule has 3 aromatic rings. The molecule has 0 spiro atoms. The van der Waals surface area contributed by atoms with Crippen molar-refractivity contribution in [3.8, 4) is 11.4 Å². The smallest absolute Gasteiger partial charge is 0.331 e. The minimum Gasteiger partial charge on any atom is -1.00 e. The van der Waals surface area contributed by atoms with Gasteiger partial charge in [0.15, 0.2) is 0 Å². The van der Waals surface area contributed by atoms with Crippen LogP contribution in [-0.2, 0) is 30.7 Å². The SMILES string of the molecule is CSc1nc(-c2ccccc2)[n+](CCc2ccccc2)c2c1COC(C)(C)C2.[I-]. The molecule has 2 heterocycles. The number of fused-ring (bicyclic) bond motifs is 1. The highest BCUT2D eigenvalue weighted by atomic mass is 127. The molecule has 29 heavy (non-hydrogen) atoms. The van der Waals surface area contributed by atoms with Gasteiger partial charge in [-0.05, 0) is 42.8 Å². The summed E-state index contributed by atoms with van der Waals surface area (Å²) < 4.78 is 8.56. The van der Waals surface area contributed by atoms with Crippen LogP contribution in [0.3, 0.4) is 0 Å². The molecule has 0 bridgehead atoms. The van der Waals surface area contributed by atoms with E-state index in [4.69, 9.17) is 9.72 Å². The number of aryl methyl sites for hydroxylation is 1. The molecule has 0 amide bonds. The number of benzene rings is 2. The first-order valence-corrected chi connectivity index (χ1v) is 11.0. The molecule has 0 radical (unpaired) electrons. The van der Waals surface area contributed by atoms with Gasteiger partial charge in [-0.1, -0.05) is 60.3 Å². The van der Waals surface area contributed by atoms with E-state index in [1.807, 2.05) is 0 Å². The van der Waals surface area contributed by atoms with Gasteiger partial charge in [-0.15, -0.1) is 0 Å². The van der Waals surface area contributed by atoms with Crippen LogP contribution in [0.1, 0.15) is 30.7 Å². The zero-order valence-corrected chi connectivity index (χ0v) is 20.2. The van der Waals surface area contributed by atoms with Crippen molar-refractivity contribution in [1.29, 1.82) is 0 Å². The molecule has 152 valence electrons. The second-order valence-electron chi connectivity index (χ2n) is 7.85. The highest BCUT2D eigenvalue weighted by molar-refractivity contribution is 7.98. The predicted molar refractivity (Wildman–Crippen MR) is 114 cm³/mol. The normalized spacial score (nSPS) is 14.7. The van der Waals surface area contributed by atoms with E-state index in [0.29, 0.717) is 6.61 Å². The van der Waals surface area contributed by atoms with Crippen LogP contribution in [0.25, 0.3) is 11.4 Å². The summed E-state index contributed by atoms with van der Waals surface area (Å²) in [4.78, 5) is 5.08. The Kier molecular flexibility index (Phi) is 7.35. The van der Waals surface area contributed by atoms with Gasteiger partial charge in [0.25, 0.3) is 0 Å². The maximum atomic E-state index is 6.13. The largest absolute Gasteiger partial charge is 1.00 e. The lowest BCUT2D eigenvalue weighted by Crippen LogP contribution is -3.00. The zero-order valence-electron chi connectivity index (χ0n) is 17.2. The van der Waals surface area contributed by atoms with Gasteiger partial charge in [-0.3, -0.25) is 0 Å². The van der Waals surface area contributed by atoms with Gasteiger partial charge in [0.2, 0.25) is 5.03 Å². The second kappa shape index (κ2) is 9.58. The molecule has 4 rings (SSSR count). The van der Waals surface area contributed by atoms with Gasteiger partial charge < -0.3 is 28.7 Å². The van der Waals surface area contributed by atoms with E-state index in [9.17, 15) is 0 Å². The summed E-state index contributed by atoms with van der Waals surface area (Å²) >= 11 is 1.71. The minimum atomic E-state index is -0.160. The van der Waals surface area contributed by atoms with Crippen LogP contribution in [0, 0.1) is 0 Å². The Balaban J connectivity index is 0.00000240. The Morgan fingerprint density at radius 1 is 1.03 bits per heavy atom. The van der Waals surface area contributed by atoms with Gasteiger partial charge in [0.05, 0.1) is 29.9 Å². The number of ether oxygens (including phenoxy) is 1. The van der Waals surface area contributed by atoms with E-state index in [0.717, 1.165) is 35.8 Å². The van der Waals surface area contributed by atoms with Crippen LogP contribution in [0.2, 0.25) is 0 Å². The first-order valence-electron chi connectivity index (χ1n) is 9.80. The maximum absolute atomic E-state index is 6.13. The standard InChI is InChI=1S/C24H27N2OS.HI/c1-24(2)16-21-20(17-27-24)23(28-3)25-22(19-12-8-5-9-13-19)26(21)15-14-18-10-6-4-7-11-18;/h4-13H,14-17H2,1-3H3;1H/q+1;/p-1. The van der Waals surface area contributed by atoms with Gasteiger partial charge in [0, 0.05) is 12.8 Å². The number of thioether (sulfide) groups is 1. The Labute approximate surface area is 194 Å². The topological polar surface area (TPSA) is 26.0 Å². The maximum Gasteiger partial charge on any atom is 0.331 e. The molecule has 1 aliphatic heterocycles. The number of halogens is 1. The van der Waals surface area contributed by atoms with E-state index < -0.39 is 0 Å². The Bertz CT molecular complexity index is 962. The van der Waals surface area contributed by atoms with Crippen LogP contribution < -0.4 is 28.5 Å². The van der Waals surface area contributed by atoms with Crippen molar-refractivity contribution < 1.29 is 33.3 Å². The number of nitrogens with zero attached hydrogens (tertiary/aromatic N) is 2. The lowest BCUT2D eigenvalue weighted by molar-refractivity contribution is -0.697. The molecular formula is C24H27IN2OS. The van der Waals surface area contributed by atoms with Gasteiger partial charge in [0.1, 0.15) is 5.69 Å². The van der Waals surface area contributed by atoms with Crippen LogP contribution in [0.5, 0.6) is 0 Å². The fourth-order valence-corrected chi connectivity index (χ4v) is 4.41. The van der Waals surface area contributed by atoms with Crippen LogP contribution >= 0.6 is 11.8 Å². The quantitative estimate of drug-likeness (QED) is 0.223. The molecule has 5 heteroatoms. The summed E-state index contributed by atoms with van der Waals surface area (Å²) in [7, 11) is 0. The third-order valence-corrected chi connectivity index (χ3v) is 6.01. The summed E-state index contributed by atoms with van der Waals surface area (Å²) in [5, 5.41) is 1.08. The van der Waals surface area contributed by atoms with Crippen molar-refractivity contribution in [1.82, 2.24) is 4.98 Å². The number of hydrogen-bond acceptors (Lipinski definition) is 3. The second-order valence-corrected chi connectivity index (χ2v) is 8.64. The van der Waals surface area contributed by atoms with E-state index in [2.05, 4.69) is 85.3 Å². The Morgan fingerprint density at radius 2 is 1.69 bits per heavy atom. The molecule has 1 aliphatic rings. The van der Waals surface area contributed by atoms with Crippen molar-refractivity contribution in [3.63, 3.8) is 0 Å². The van der Waals surface area contributed by atoms with E-state index >= 15 is 0 Å². The summed E-state index contributed by atoms with van der Waals surface area (Å²) in [5.41, 5.74) is 4.97. The van der Waals surface area contributed by atoms with Crippen molar-refractivity contribution in [2.24, 2.45) is 0 Å². The van der Waals surface area contributed by atoms with Crippen molar-refractivity contribution in [2.45, 2.75) is 50.5 Å². The summed E-state index contributed by atoms with van der Waals surface area (Å²) in [5.74, 6) is 1.05. The molecule has 0 fully saturated rings. The predicted octanol–water partition coefficient (Wildman–Crippen LogP) is 1.86.